The van der Waals surface area contributed by atoms with E-state index in [-0.39, 0.29) is 10.9 Å². The van der Waals surface area contributed by atoms with E-state index in [1.54, 1.807) is 26.2 Å². The Balaban J connectivity index is 2.95. The van der Waals surface area contributed by atoms with Crippen LogP contribution in [0.3, 0.4) is 0 Å². The number of rotatable bonds is 6. The summed E-state index contributed by atoms with van der Waals surface area (Å²) in [5.41, 5.74) is 0. The monoisotopic (exact) mass is 385 g/mol. The van der Waals surface area contributed by atoms with Crippen LogP contribution in [-0.2, 0) is 14.8 Å². The van der Waals surface area contributed by atoms with Gasteiger partial charge in [-0.25, -0.2) is 13.1 Å². The zero-order chi connectivity index (χ0) is 13.8. The van der Waals surface area contributed by atoms with Crippen molar-refractivity contribution in [3.8, 4) is 5.75 Å². The van der Waals surface area contributed by atoms with E-state index in [1.807, 2.05) is 22.6 Å². The molecule has 0 unspecified atom stereocenters. The van der Waals surface area contributed by atoms with Crippen molar-refractivity contribution >= 4 is 32.6 Å². The molecule has 0 aliphatic heterocycles. The van der Waals surface area contributed by atoms with Gasteiger partial charge in [-0.1, -0.05) is 0 Å². The largest absolute Gasteiger partial charge is 0.496 e. The third-order valence-electron chi connectivity index (χ3n) is 2.21. The molecule has 0 saturated carbocycles. The predicted molar refractivity (Wildman–Crippen MR) is 77.4 cm³/mol. The lowest BCUT2D eigenvalue weighted by Crippen LogP contribution is -2.35. The van der Waals surface area contributed by atoms with E-state index in [9.17, 15) is 8.42 Å². The average molecular weight is 385 g/mol. The van der Waals surface area contributed by atoms with Gasteiger partial charge in [-0.15, -0.1) is 0 Å². The fourth-order valence-electron chi connectivity index (χ4n) is 1.43. The molecule has 7 heteroatoms. The van der Waals surface area contributed by atoms with Crippen molar-refractivity contribution in [3.63, 3.8) is 0 Å². The lowest BCUT2D eigenvalue weighted by atomic mass is 10.3. The fourth-order valence-corrected chi connectivity index (χ4v) is 3.63. The van der Waals surface area contributed by atoms with Crippen LogP contribution in [0.15, 0.2) is 23.1 Å². The van der Waals surface area contributed by atoms with Gasteiger partial charge in [-0.2, -0.15) is 0 Å². The molecule has 0 bridgehead atoms. The molecule has 1 N–H and O–H groups in total. The van der Waals surface area contributed by atoms with Crippen molar-refractivity contribution < 1.29 is 17.9 Å². The third kappa shape index (κ3) is 4.08. The highest BCUT2D eigenvalue weighted by molar-refractivity contribution is 14.1. The first-order valence-electron chi connectivity index (χ1n) is 5.25. The predicted octanol–water partition coefficient (Wildman–Crippen LogP) is 1.61. The summed E-state index contributed by atoms with van der Waals surface area (Å²) in [6.07, 6.45) is 0. The molecule has 0 aromatic heterocycles. The van der Waals surface area contributed by atoms with E-state index in [0.717, 1.165) is 3.57 Å². The summed E-state index contributed by atoms with van der Waals surface area (Å²) in [4.78, 5) is 0.218. The Kier molecular flexibility index (Phi) is 5.83. The second-order valence-corrected chi connectivity index (χ2v) is 6.65. The highest BCUT2D eigenvalue weighted by atomic mass is 127. The van der Waals surface area contributed by atoms with Crippen molar-refractivity contribution in [2.75, 3.05) is 20.8 Å². The number of benzene rings is 1. The van der Waals surface area contributed by atoms with Crippen LogP contribution < -0.4 is 9.46 Å². The SMILES string of the molecule is COC[C@@H](C)NS(=O)(=O)c1ccc(OC)c(I)c1. The van der Waals surface area contributed by atoms with Gasteiger partial charge in [0.2, 0.25) is 10.0 Å². The molecule has 0 fully saturated rings. The van der Waals surface area contributed by atoms with E-state index in [4.69, 9.17) is 9.47 Å². The molecule has 0 amide bonds. The molecule has 1 rings (SSSR count). The normalized spacial score (nSPS) is 13.3. The number of sulfonamides is 1. The second kappa shape index (κ2) is 6.69. The van der Waals surface area contributed by atoms with Gasteiger partial charge in [0, 0.05) is 13.2 Å². The van der Waals surface area contributed by atoms with Crippen LogP contribution in [0.25, 0.3) is 0 Å². The van der Waals surface area contributed by atoms with Crippen LogP contribution in [0.4, 0.5) is 0 Å². The number of methoxy groups -OCH3 is 2. The van der Waals surface area contributed by atoms with Gasteiger partial charge in [0.05, 0.1) is 22.2 Å². The molecule has 0 spiro atoms. The fraction of sp³-hybridized carbons (Fsp3) is 0.455. The Morgan fingerprint density at radius 1 is 1.39 bits per heavy atom. The zero-order valence-corrected chi connectivity index (χ0v) is 13.4. The van der Waals surface area contributed by atoms with Crippen molar-refractivity contribution in [1.82, 2.24) is 4.72 Å². The molecule has 0 aliphatic rings. The molecule has 0 saturated heterocycles. The standard InChI is InChI=1S/C11H16INO4S/c1-8(7-16-2)13-18(14,15)9-4-5-11(17-3)10(12)6-9/h4-6,8,13H,7H2,1-3H3/t8-/m1/s1. The molecule has 1 atom stereocenters. The summed E-state index contributed by atoms with van der Waals surface area (Å²) in [6.45, 7) is 2.07. The van der Waals surface area contributed by atoms with Gasteiger partial charge in [0.1, 0.15) is 5.75 Å². The van der Waals surface area contributed by atoms with Crippen LogP contribution in [-0.4, -0.2) is 35.3 Å². The van der Waals surface area contributed by atoms with Crippen LogP contribution in [0.5, 0.6) is 5.75 Å². The van der Waals surface area contributed by atoms with Crippen LogP contribution in [0, 0.1) is 3.57 Å². The van der Waals surface area contributed by atoms with E-state index in [1.165, 1.54) is 13.2 Å². The molecule has 1 aromatic rings. The van der Waals surface area contributed by atoms with Crippen molar-refractivity contribution in [2.45, 2.75) is 17.9 Å². The molecule has 0 heterocycles. The Morgan fingerprint density at radius 3 is 2.56 bits per heavy atom. The number of nitrogens with one attached hydrogen (secondary N) is 1. The van der Waals surface area contributed by atoms with Crippen LogP contribution in [0.1, 0.15) is 6.92 Å². The van der Waals surface area contributed by atoms with Gasteiger partial charge in [0.15, 0.2) is 0 Å². The van der Waals surface area contributed by atoms with Gasteiger partial charge < -0.3 is 9.47 Å². The van der Waals surface area contributed by atoms with E-state index >= 15 is 0 Å². The minimum atomic E-state index is -3.52. The van der Waals surface area contributed by atoms with Crippen molar-refractivity contribution in [1.29, 1.82) is 0 Å². The molecular weight excluding hydrogens is 369 g/mol. The molecule has 5 nitrogen and oxygen atoms in total. The maximum absolute atomic E-state index is 12.1. The topological polar surface area (TPSA) is 64.6 Å². The lowest BCUT2D eigenvalue weighted by Gasteiger charge is -2.14. The Labute approximate surface area is 121 Å². The summed E-state index contributed by atoms with van der Waals surface area (Å²) >= 11 is 2.03. The van der Waals surface area contributed by atoms with Gasteiger partial charge in [-0.05, 0) is 47.7 Å². The summed E-state index contributed by atoms with van der Waals surface area (Å²) < 4.78 is 37.4. The molecule has 102 valence electrons. The quantitative estimate of drug-likeness (QED) is 0.756. The van der Waals surface area contributed by atoms with E-state index < -0.39 is 10.0 Å². The number of hydrogen-bond acceptors (Lipinski definition) is 4. The van der Waals surface area contributed by atoms with E-state index in [0.29, 0.717) is 12.4 Å². The Morgan fingerprint density at radius 2 is 2.06 bits per heavy atom. The molecular formula is C11H16INO4S. The molecule has 18 heavy (non-hydrogen) atoms. The van der Waals surface area contributed by atoms with Crippen molar-refractivity contribution in [2.24, 2.45) is 0 Å². The first-order valence-corrected chi connectivity index (χ1v) is 7.81. The molecule has 0 radical (unpaired) electrons. The first-order chi connectivity index (χ1) is 8.40. The summed E-state index contributed by atoms with van der Waals surface area (Å²) in [7, 11) is -0.444. The molecule has 1 aromatic carbocycles. The van der Waals surface area contributed by atoms with Gasteiger partial charge >= 0.3 is 0 Å². The summed E-state index contributed by atoms with van der Waals surface area (Å²) in [5, 5.41) is 0. The maximum Gasteiger partial charge on any atom is 0.240 e. The zero-order valence-electron chi connectivity index (χ0n) is 10.4. The van der Waals surface area contributed by atoms with Crippen molar-refractivity contribution in [3.05, 3.63) is 21.8 Å². The maximum atomic E-state index is 12.1. The van der Waals surface area contributed by atoms with E-state index in [2.05, 4.69) is 4.72 Å². The Bertz CT molecular complexity index is 504. The average Bonchev–Trinajstić information content (AvgIpc) is 2.28. The van der Waals surface area contributed by atoms with Crippen LogP contribution in [0.2, 0.25) is 0 Å². The summed E-state index contributed by atoms with van der Waals surface area (Å²) in [5.74, 6) is 0.652. The highest BCUT2D eigenvalue weighted by Gasteiger charge is 2.18. The molecule has 0 aliphatic carbocycles. The number of hydrogen-bond donors (Lipinski definition) is 1. The Hall–Kier alpha value is -0.380. The van der Waals surface area contributed by atoms with Crippen LogP contribution >= 0.6 is 22.6 Å². The minimum Gasteiger partial charge on any atom is -0.496 e. The van der Waals surface area contributed by atoms with Gasteiger partial charge in [0.25, 0.3) is 0 Å². The second-order valence-electron chi connectivity index (χ2n) is 3.77. The van der Waals surface area contributed by atoms with Gasteiger partial charge in [-0.3, -0.25) is 0 Å². The smallest absolute Gasteiger partial charge is 0.240 e. The number of ether oxygens (including phenoxy) is 2. The third-order valence-corrected chi connectivity index (χ3v) is 4.64. The number of halogens is 1. The summed E-state index contributed by atoms with van der Waals surface area (Å²) in [6, 6.07) is 4.45. The lowest BCUT2D eigenvalue weighted by molar-refractivity contribution is 0.180. The first kappa shape index (κ1) is 15.7. The highest BCUT2D eigenvalue weighted by Crippen LogP contribution is 2.23. The minimum absolute atomic E-state index is 0.218.